The maximum atomic E-state index is 9.45. The first-order valence-corrected chi connectivity index (χ1v) is 10.1. The van der Waals surface area contributed by atoms with Gasteiger partial charge in [-0.25, -0.2) is 4.98 Å². The topological polar surface area (TPSA) is 42.8 Å². The van der Waals surface area contributed by atoms with Crippen molar-refractivity contribution in [2.45, 2.75) is 25.6 Å². The quantitative estimate of drug-likeness (QED) is 0.815. The smallest absolute Gasteiger partial charge is 0.185 e. The summed E-state index contributed by atoms with van der Waals surface area (Å²) in [6.07, 6.45) is 2.84. The summed E-state index contributed by atoms with van der Waals surface area (Å²) in [5.41, 5.74) is 0. The van der Waals surface area contributed by atoms with E-state index in [2.05, 4.69) is 37.2 Å². The summed E-state index contributed by atoms with van der Waals surface area (Å²) >= 11 is 3.58. The number of anilines is 1. The molecule has 2 aromatic rings. The fraction of sp³-hybridized carbons (Fsp3) is 0.588. The van der Waals surface area contributed by atoms with E-state index in [1.54, 1.807) is 11.3 Å². The summed E-state index contributed by atoms with van der Waals surface area (Å²) in [7, 11) is 4.06. The maximum absolute atomic E-state index is 9.45. The molecule has 0 saturated carbocycles. The van der Waals surface area contributed by atoms with Gasteiger partial charge in [-0.05, 0) is 17.9 Å². The average Bonchev–Trinajstić information content (AvgIpc) is 3.22. The van der Waals surface area contributed by atoms with Gasteiger partial charge in [0.15, 0.2) is 5.13 Å². The van der Waals surface area contributed by atoms with Crippen molar-refractivity contribution in [2.75, 3.05) is 45.2 Å². The summed E-state index contributed by atoms with van der Waals surface area (Å²) in [6.45, 7) is 5.36. The molecule has 1 N–H and O–H groups in total. The Bertz CT molecular complexity index is 614. The van der Waals surface area contributed by atoms with Crippen LogP contribution in [0, 0.1) is 0 Å². The van der Waals surface area contributed by atoms with Gasteiger partial charge < -0.3 is 10.0 Å². The number of hydrogen-bond donors (Lipinski definition) is 1. The van der Waals surface area contributed by atoms with E-state index >= 15 is 0 Å². The number of thiazole rings is 1. The number of aliphatic hydroxyl groups is 1. The van der Waals surface area contributed by atoms with Crippen LogP contribution in [-0.2, 0) is 13.1 Å². The molecule has 132 valence electrons. The van der Waals surface area contributed by atoms with Crippen LogP contribution in [0.15, 0.2) is 23.7 Å². The lowest BCUT2D eigenvalue weighted by Crippen LogP contribution is -2.52. The van der Waals surface area contributed by atoms with Crippen LogP contribution in [0.25, 0.3) is 0 Å². The summed E-state index contributed by atoms with van der Waals surface area (Å²) in [4.78, 5) is 14.3. The van der Waals surface area contributed by atoms with Crippen molar-refractivity contribution in [3.63, 3.8) is 0 Å². The fourth-order valence-electron chi connectivity index (χ4n) is 3.13. The first kappa shape index (κ1) is 17.8. The van der Waals surface area contributed by atoms with E-state index in [1.165, 1.54) is 9.75 Å². The molecule has 0 aromatic carbocycles. The van der Waals surface area contributed by atoms with Gasteiger partial charge in [0.2, 0.25) is 0 Å². The normalized spacial score (nSPS) is 19.7. The van der Waals surface area contributed by atoms with Gasteiger partial charge in [-0.1, -0.05) is 6.07 Å². The van der Waals surface area contributed by atoms with E-state index in [0.29, 0.717) is 6.04 Å². The minimum atomic E-state index is 0.255. The van der Waals surface area contributed by atoms with Crippen LogP contribution < -0.4 is 4.90 Å². The van der Waals surface area contributed by atoms with E-state index in [9.17, 15) is 5.11 Å². The van der Waals surface area contributed by atoms with Crippen molar-refractivity contribution in [2.24, 2.45) is 0 Å². The number of piperazine rings is 1. The molecule has 0 spiro atoms. The van der Waals surface area contributed by atoms with Crippen LogP contribution in [0.2, 0.25) is 0 Å². The van der Waals surface area contributed by atoms with E-state index in [0.717, 1.165) is 44.3 Å². The van der Waals surface area contributed by atoms with Gasteiger partial charge in [-0.2, -0.15) is 0 Å². The van der Waals surface area contributed by atoms with E-state index in [4.69, 9.17) is 0 Å². The molecule has 1 saturated heterocycles. The lowest BCUT2D eigenvalue weighted by atomic mass is 10.1. The number of hydrogen-bond acceptors (Lipinski definition) is 7. The van der Waals surface area contributed by atoms with Gasteiger partial charge in [-0.3, -0.25) is 9.80 Å². The molecule has 1 aliphatic rings. The Balaban J connectivity index is 1.59. The molecule has 3 rings (SSSR count). The molecule has 3 heterocycles. The third-order valence-electron chi connectivity index (χ3n) is 4.39. The van der Waals surface area contributed by atoms with Crippen molar-refractivity contribution in [3.8, 4) is 0 Å². The lowest BCUT2D eigenvalue weighted by Gasteiger charge is -2.41. The van der Waals surface area contributed by atoms with Crippen molar-refractivity contribution in [1.29, 1.82) is 0 Å². The largest absolute Gasteiger partial charge is 0.396 e. The van der Waals surface area contributed by atoms with Crippen LogP contribution in [0.1, 0.15) is 16.2 Å². The predicted molar refractivity (Wildman–Crippen MR) is 102 cm³/mol. The number of rotatable bonds is 7. The maximum Gasteiger partial charge on any atom is 0.185 e. The van der Waals surface area contributed by atoms with Crippen molar-refractivity contribution < 1.29 is 5.11 Å². The Hall–Kier alpha value is -0.990. The minimum Gasteiger partial charge on any atom is -0.396 e. The zero-order valence-corrected chi connectivity index (χ0v) is 16.0. The highest BCUT2D eigenvalue weighted by molar-refractivity contribution is 7.15. The standard InChI is InChI=1S/C17H26N4OS2/c1-19(2)17-18-10-16(24-17)12-20-6-7-21(14(11-20)5-8-22)13-15-4-3-9-23-15/h3-4,9-10,14,22H,5-8,11-13H2,1-2H3/t14-/m0/s1. The zero-order chi connectivity index (χ0) is 16.9. The van der Waals surface area contributed by atoms with Gasteiger partial charge in [0.25, 0.3) is 0 Å². The lowest BCUT2D eigenvalue weighted by molar-refractivity contribution is 0.0511. The monoisotopic (exact) mass is 366 g/mol. The fourth-order valence-corrected chi connectivity index (χ4v) is 4.74. The molecule has 24 heavy (non-hydrogen) atoms. The van der Waals surface area contributed by atoms with Crippen LogP contribution in [-0.4, -0.2) is 66.3 Å². The van der Waals surface area contributed by atoms with Crippen molar-refractivity contribution >= 4 is 27.8 Å². The van der Waals surface area contributed by atoms with Crippen molar-refractivity contribution in [3.05, 3.63) is 33.5 Å². The molecule has 1 aliphatic heterocycles. The molecule has 1 atom stereocenters. The predicted octanol–water partition coefficient (Wildman–Crippen LogP) is 2.34. The van der Waals surface area contributed by atoms with Crippen LogP contribution in [0.5, 0.6) is 0 Å². The van der Waals surface area contributed by atoms with E-state index in [1.807, 2.05) is 31.6 Å². The number of nitrogens with zero attached hydrogens (tertiary/aromatic N) is 4. The van der Waals surface area contributed by atoms with Gasteiger partial charge >= 0.3 is 0 Å². The van der Waals surface area contributed by atoms with Gasteiger partial charge in [0, 0.05) is 75.4 Å². The van der Waals surface area contributed by atoms with Gasteiger partial charge in [0.05, 0.1) is 0 Å². The Morgan fingerprint density at radius 1 is 1.29 bits per heavy atom. The number of thiophene rings is 1. The molecule has 0 radical (unpaired) electrons. The molecule has 0 unspecified atom stereocenters. The Labute approximate surface area is 152 Å². The van der Waals surface area contributed by atoms with Crippen LogP contribution >= 0.6 is 22.7 Å². The van der Waals surface area contributed by atoms with Crippen LogP contribution in [0.4, 0.5) is 5.13 Å². The number of aliphatic hydroxyl groups excluding tert-OH is 1. The van der Waals surface area contributed by atoms with Crippen LogP contribution in [0.3, 0.4) is 0 Å². The first-order valence-electron chi connectivity index (χ1n) is 8.37. The summed E-state index contributed by atoms with van der Waals surface area (Å²) in [5, 5.41) is 12.6. The van der Waals surface area contributed by atoms with E-state index in [-0.39, 0.29) is 6.61 Å². The Morgan fingerprint density at radius 3 is 2.83 bits per heavy atom. The Kier molecular flexibility index (Phi) is 6.24. The second-order valence-electron chi connectivity index (χ2n) is 6.45. The molecule has 0 amide bonds. The second kappa shape index (κ2) is 8.40. The molecular weight excluding hydrogens is 340 g/mol. The molecular formula is C17H26N4OS2. The van der Waals surface area contributed by atoms with Gasteiger partial charge in [0.1, 0.15) is 0 Å². The Morgan fingerprint density at radius 2 is 2.17 bits per heavy atom. The van der Waals surface area contributed by atoms with Gasteiger partial charge in [-0.15, -0.1) is 22.7 Å². The molecule has 0 aliphatic carbocycles. The summed E-state index contributed by atoms with van der Waals surface area (Å²) in [6, 6.07) is 4.74. The minimum absolute atomic E-state index is 0.255. The average molecular weight is 367 g/mol. The zero-order valence-electron chi connectivity index (χ0n) is 14.4. The molecule has 0 bridgehead atoms. The SMILES string of the molecule is CN(C)c1ncc(CN2CCN(Cc3cccs3)[C@@H](CCO)C2)s1. The summed E-state index contributed by atoms with van der Waals surface area (Å²) in [5.74, 6) is 0. The summed E-state index contributed by atoms with van der Waals surface area (Å²) < 4.78 is 0. The number of aromatic nitrogens is 1. The first-order chi connectivity index (χ1) is 11.7. The molecule has 2 aromatic heterocycles. The second-order valence-corrected chi connectivity index (χ2v) is 8.58. The third-order valence-corrected chi connectivity index (χ3v) is 6.40. The van der Waals surface area contributed by atoms with Crippen molar-refractivity contribution in [1.82, 2.24) is 14.8 Å². The highest BCUT2D eigenvalue weighted by atomic mass is 32.1. The third kappa shape index (κ3) is 4.55. The highest BCUT2D eigenvalue weighted by Crippen LogP contribution is 2.24. The molecule has 1 fully saturated rings. The molecule has 5 nitrogen and oxygen atoms in total. The van der Waals surface area contributed by atoms with E-state index < -0.39 is 0 Å². The molecule has 7 heteroatoms. The highest BCUT2D eigenvalue weighted by Gasteiger charge is 2.27.